The highest BCUT2D eigenvalue weighted by Gasteiger charge is 2.46. The van der Waals surface area contributed by atoms with Crippen molar-refractivity contribution < 1.29 is 41.1 Å². The van der Waals surface area contributed by atoms with Gasteiger partial charge in [0.1, 0.15) is 30.4 Å². The van der Waals surface area contributed by atoms with E-state index < -0.39 is 64.3 Å². The number of aromatic nitrogens is 1. The Morgan fingerprint density at radius 3 is 2.54 bits per heavy atom. The van der Waals surface area contributed by atoms with Gasteiger partial charge in [-0.25, -0.2) is 13.2 Å². The first kappa shape index (κ1) is 27.9. The molecule has 192 valence electrons. The molecule has 1 aromatic heterocycles. The molecule has 0 aliphatic carbocycles. The third-order valence-electron chi connectivity index (χ3n) is 4.84. The van der Waals surface area contributed by atoms with Crippen molar-refractivity contribution in [1.82, 2.24) is 10.3 Å². The minimum absolute atomic E-state index is 0.179. The predicted octanol–water partition coefficient (Wildman–Crippen LogP) is 2.25. The topological polar surface area (TPSA) is 147 Å². The van der Waals surface area contributed by atoms with Crippen molar-refractivity contribution in [2.24, 2.45) is 5.73 Å². The molecule has 1 aliphatic rings. The Morgan fingerprint density at radius 1 is 1.29 bits per heavy atom. The molecule has 2 aromatic rings. The van der Waals surface area contributed by atoms with Crippen LogP contribution < -0.4 is 11.1 Å². The monoisotopic (exact) mass is 600 g/mol. The summed E-state index contributed by atoms with van der Waals surface area (Å²) in [6.45, 7) is -0.487. The number of rotatable bonds is 8. The molecule has 6 N–H and O–H groups in total. The second-order valence-corrected chi connectivity index (χ2v) is 11.3. The number of halogens is 4. The van der Waals surface area contributed by atoms with Gasteiger partial charge in [0.2, 0.25) is 0 Å². The molecule has 3 rings (SSSR count). The zero-order valence-corrected chi connectivity index (χ0v) is 21.2. The number of benzene rings is 1. The summed E-state index contributed by atoms with van der Waals surface area (Å²) in [7, 11) is -3.61. The van der Waals surface area contributed by atoms with Crippen LogP contribution >= 0.6 is 27.7 Å². The van der Waals surface area contributed by atoms with E-state index in [9.17, 15) is 32.1 Å². The number of nitrogens with one attached hydrogen (secondary N) is 1. The molecule has 0 saturated carbocycles. The fourth-order valence-corrected chi connectivity index (χ4v) is 5.14. The number of aliphatic hydroxyl groups excluding tert-OH is 2. The van der Waals surface area contributed by atoms with Crippen molar-refractivity contribution in [3.63, 3.8) is 0 Å². The largest absolute Gasteiger partial charge is 0.397 e. The summed E-state index contributed by atoms with van der Waals surface area (Å²) < 4.78 is 72.6. The molecule has 1 saturated heterocycles. The van der Waals surface area contributed by atoms with Gasteiger partial charge in [-0.2, -0.15) is 4.55 Å². The maximum atomic E-state index is 13.6. The van der Waals surface area contributed by atoms with Crippen LogP contribution in [0.4, 0.5) is 13.2 Å². The smallest absolute Gasteiger partial charge is 0.349 e. The molecule has 35 heavy (non-hydrogen) atoms. The van der Waals surface area contributed by atoms with Gasteiger partial charge in [-0.15, -0.1) is 4.18 Å². The second kappa shape index (κ2) is 11.6. The number of hydrogen-bond acceptors (Lipinski definition) is 9. The van der Waals surface area contributed by atoms with Crippen LogP contribution in [0, 0.1) is 17.5 Å². The van der Waals surface area contributed by atoms with E-state index in [0.29, 0.717) is 21.5 Å². The van der Waals surface area contributed by atoms with Crippen LogP contribution in [0.5, 0.6) is 0 Å². The lowest BCUT2D eigenvalue weighted by Crippen LogP contribution is -2.62. The number of thioether (sulfide) groups is 1. The van der Waals surface area contributed by atoms with Crippen molar-refractivity contribution in [2.45, 2.75) is 34.7 Å². The summed E-state index contributed by atoms with van der Waals surface area (Å²) in [5.41, 5.74) is 4.46. The molecular formula is C20H22BrF3N3O6S2+. The second-order valence-electron chi connectivity index (χ2n) is 7.54. The Kier molecular flexibility index (Phi) is 9.20. The normalized spacial score (nSPS) is 26.9. The molecule has 2 heterocycles. The Bertz CT molecular complexity index is 1120. The molecule has 9 nitrogen and oxygen atoms in total. The highest BCUT2D eigenvalue weighted by molar-refractivity contribution is 9.10. The average molecular weight is 601 g/mol. The van der Waals surface area contributed by atoms with Crippen LogP contribution in [0.1, 0.15) is 5.56 Å². The minimum Gasteiger partial charge on any atom is -0.397 e. The van der Waals surface area contributed by atoms with Crippen LogP contribution in [0.3, 0.4) is 0 Å². The van der Waals surface area contributed by atoms with E-state index in [1.807, 2.05) is 0 Å². The van der Waals surface area contributed by atoms with Crippen molar-refractivity contribution >= 4 is 43.9 Å². The molecule has 0 radical (unpaired) electrons. The number of pyridine rings is 1. The zero-order chi connectivity index (χ0) is 25.9. The Hall–Kier alpha value is -1.72. The van der Waals surface area contributed by atoms with E-state index in [2.05, 4.69) is 26.2 Å². The fraction of sp³-hybridized carbons (Fsp3) is 0.350. The van der Waals surface area contributed by atoms with E-state index in [1.54, 1.807) is 12.3 Å². The highest BCUT2D eigenvalue weighted by Crippen LogP contribution is 2.34. The van der Waals surface area contributed by atoms with Crippen molar-refractivity contribution in [2.75, 3.05) is 12.9 Å². The minimum atomic E-state index is -3.61. The number of nitrogens with two attached hydrogens (primary N) is 1. The van der Waals surface area contributed by atoms with Gasteiger partial charge in [0.15, 0.2) is 23.7 Å². The lowest BCUT2D eigenvalue weighted by atomic mass is 9.97. The number of hydrogen-bond donors (Lipinski definition) is 5. The lowest BCUT2D eigenvalue weighted by molar-refractivity contribution is -0.162. The molecule has 1 fully saturated rings. The van der Waals surface area contributed by atoms with E-state index in [-0.39, 0.29) is 11.3 Å². The van der Waals surface area contributed by atoms with Gasteiger partial charge < -0.3 is 26.0 Å². The quantitative estimate of drug-likeness (QED) is 0.226. The average Bonchev–Trinajstić information content (AvgIpc) is 2.77. The molecule has 0 amide bonds. The molecule has 1 aromatic carbocycles. The van der Waals surface area contributed by atoms with Crippen LogP contribution in [0.25, 0.3) is 5.70 Å². The first-order chi connectivity index (χ1) is 16.4. The SMILES string of the molecule is C[S+](=O)(O)OCC1O[C@H](Sc2cncc(Br)c2)C(O)C(N/C=C(\N)c2cc(F)c(F)c(F)c2)C1O. The van der Waals surface area contributed by atoms with Crippen LogP contribution in [-0.2, 0) is 23.6 Å². The summed E-state index contributed by atoms with van der Waals surface area (Å²) in [5.74, 6) is -4.53. The van der Waals surface area contributed by atoms with Crippen LogP contribution in [-0.4, -0.2) is 62.4 Å². The third-order valence-corrected chi connectivity index (χ3v) is 6.96. The molecule has 1 aliphatic heterocycles. The van der Waals surface area contributed by atoms with Crippen LogP contribution in [0.15, 0.2) is 46.2 Å². The third kappa shape index (κ3) is 7.39. The number of nitrogens with zero attached hydrogens (tertiary/aromatic N) is 1. The maximum Gasteiger partial charge on any atom is 0.349 e. The van der Waals surface area contributed by atoms with Gasteiger partial charge >= 0.3 is 10.5 Å². The Morgan fingerprint density at radius 2 is 1.94 bits per heavy atom. The van der Waals surface area contributed by atoms with Gasteiger partial charge in [0, 0.05) is 33.5 Å². The standard InChI is InChI=1S/C20H21BrF3N3O6S2/c1-35(30,31)32-8-15-18(28)17(19(29)20(33-15)34-11-4-10(21)5-26-6-11)27-7-14(25)9-2-12(22)16(24)13(23)3-9/h2-7,15,17-20,27-29H,8,25H2,1H3/p+1/b14-7-/t15?,17?,18?,19?,20-/m1/s1. The van der Waals surface area contributed by atoms with E-state index in [4.69, 9.17) is 14.7 Å². The van der Waals surface area contributed by atoms with Gasteiger partial charge in [0.25, 0.3) is 0 Å². The zero-order valence-electron chi connectivity index (χ0n) is 18.0. The van der Waals surface area contributed by atoms with E-state index in [0.717, 1.165) is 24.2 Å². The molecule has 0 spiro atoms. The molecule has 5 unspecified atom stereocenters. The number of aliphatic hydroxyl groups is 2. The van der Waals surface area contributed by atoms with Gasteiger partial charge in [-0.3, -0.25) is 4.98 Å². The maximum absolute atomic E-state index is 13.6. The Labute approximate surface area is 212 Å². The summed E-state index contributed by atoms with van der Waals surface area (Å²) >= 11 is 4.36. The van der Waals surface area contributed by atoms with Crippen molar-refractivity contribution in [3.05, 3.63) is 64.3 Å². The van der Waals surface area contributed by atoms with Crippen LogP contribution in [0.2, 0.25) is 0 Å². The predicted molar refractivity (Wildman–Crippen MR) is 126 cm³/mol. The molecule has 0 bridgehead atoms. The molecule has 15 heteroatoms. The van der Waals surface area contributed by atoms with Gasteiger partial charge in [0.05, 0.1) is 11.7 Å². The summed E-state index contributed by atoms with van der Waals surface area (Å²) in [5, 5.41) is 24.4. The lowest BCUT2D eigenvalue weighted by Gasteiger charge is -2.42. The fourth-order valence-electron chi connectivity index (χ4n) is 3.14. The number of ether oxygens (including phenoxy) is 1. The van der Waals surface area contributed by atoms with E-state index >= 15 is 0 Å². The summed E-state index contributed by atoms with van der Waals surface area (Å²) in [4.78, 5) is 4.63. The first-order valence-corrected chi connectivity index (χ1v) is 13.4. The van der Waals surface area contributed by atoms with Crippen molar-refractivity contribution in [1.29, 1.82) is 0 Å². The summed E-state index contributed by atoms with van der Waals surface area (Å²) in [6.07, 6.45) is 1.12. The summed E-state index contributed by atoms with van der Waals surface area (Å²) in [6, 6.07) is 1.94. The first-order valence-electron chi connectivity index (χ1n) is 9.87. The van der Waals surface area contributed by atoms with Crippen molar-refractivity contribution in [3.8, 4) is 0 Å². The highest BCUT2D eigenvalue weighted by atomic mass is 79.9. The molecule has 6 atom stereocenters. The van der Waals surface area contributed by atoms with Gasteiger partial charge in [-0.1, -0.05) is 11.8 Å². The van der Waals surface area contributed by atoms with E-state index in [1.165, 1.54) is 6.20 Å². The Balaban J connectivity index is 1.84. The molecular weight excluding hydrogens is 579 g/mol. The van der Waals surface area contributed by atoms with Gasteiger partial charge in [-0.05, 0) is 38.3 Å².